The van der Waals surface area contributed by atoms with Crippen LogP contribution in [-0.4, -0.2) is 11.9 Å². The number of hydrogen-bond acceptors (Lipinski definition) is 2. The topological polar surface area (TPSA) is 41.1 Å². The molecule has 0 aromatic heterocycles. The zero-order chi connectivity index (χ0) is 13.9. The minimum atomic E-state index is -0.313. The Labute approximate surface area is 115 Å². The fraction of sp³-hybridized carbons (Fsp3) is 0.562. The maximum absolute atomic E-state index is 12.0. The third-order valence-electron chi connectivity index (χ3n) is 3.88. The third kappa shape index (κ3) is 4.06. The van der Waals surface area contributed by atoms with E-state index in [0.29, 0.717) is 0 Å². The summed E-state index contributed by atoms with van der Waals surface area (Å²) in [6.07, 6.45) is 3.45. The number of hydrogen-bond donors (Lipinski definition) is 2. The molecule has 0 unspecified atom stereocenters. The molecule has 1 aliphatic carbocycles. The first-order valence-electron chi connectivity index (χ1n) is 7.15. The average Bonchev–Trinajstić information content (AvgIpc) is 3.22. The Balaban J connectivity index is 1.88. The Kier molecular flexibility index (Phi) is 4.25. The number of carbonyl (C=O) groups is 1. The van der Waals surface area contributed by atoms with Gasteiger partial charge in [-0.05, 0) is 37.0 Å². The summed E-state index contributed by atoms with van der Waals surface area (Å²) < 4.78 is 0. The van der Waals surface area contributed by atoms with Crippen molar-refractivity contribution in [2.45, 2.75) is 52.6 Å². The summed E-state index contributed by atoms with van der Waals surface area (Å²) in [6, 6.07) is 8.83. The standard InChI is InChI=1S/C16H24N2O/c1-4-16(2,3)15(19)18-14-7-5-12(6-8-14)11-17-13-9-10-13/h5-8,13,17H,4,9-11H2,1-3H3,(H,18,19). The molecule has 2 rings (SSSR count). The van der Waals surface area contributed by atoms with Gasteiger partial charge in [0.1, 0.15) is 0 Å². The van der Waals surface area contributed by atoms with Crippen molar-refractivity contribution in [1.82, 2.24) is 5.32 Å². The smallest absolute Gasteiger partial charge is 0.230 e. The van der Waals surface area contributed by atoms with Crippen molar-refractivity contribution in [3.63, 3.8) is 0 Å². The van der Waals surface area contributed by atoms with Gasteiger partial charge in [-0.3, -0.25) is 4.79 Å². The van der Waals surface area contributed by atoms with Crippen LogP contribution >= 0.6 is 0 Å². The Bertz CT molecular complexity index is 433. The molecule has 0 aliphatic heterocycles. The van der Waals surface area contributed by atoms with E-state index in [4.69, 9.17) is 0 Å². The first-order chi connectivity index (χ1) is 9.01. The van der Waals surface area contributed by atoms with Crippen molar-refractivity contribution < 1.29 is 4.79 Å². The molecule has 0 spiro atoms. The molecule has 3 nitrogen and oxygen atoms in total. The van der Waals surface area contributed by atoms with Gasteiger partial charge < -0.3 is 10.6 Å². The molecular weight excluding hydrogens is 236 g/mol. The van der Waals surface area contributed by atoms with Crippen molar-refractivity contribution in [3.05, 3.63) is 29.8 Å². The van der Waals surface area contributed by atoms with Crippen LogP contribution in [0.2, 0.25) is 0 Å². The van der Waals surface area contributed by atoms with Crippen molar-refractivity contribution >= 4 is 11.6 Å². The molecule has 0 heterocycles. The quantitative estimate of drug-likeness (QED) is 0.824. The molecule has 1 amide bonds. The molecule has 0 saturated heterocycles. The number of anilines is 1. The largest absolute Gasteiger partial charge is 0.326 e. The minimum Gasteiger partial charge on any atom is -0.326 e. The van der Waals surface area contributed by atoms with Gasteiger partial charge in [0.05, 0.1) is 0 Å². The van der Waals surface area contributed by atoms with Crippen LogP contribution in [0.3, 0.4) is 0 Å². The predicted octanol–water partition coefficient (Wildman–Crippen LogP) is 3.31. The number of rotatable bonds is 6. The van der Waals surface area contributed by atoms with Gasteiger partial charge in [0.2, 0.25) is 5.91 Å². The molecule has 0 bridgehead atoms. The maximum Gasteiger partial charge on any atom is 0.230 e. The SMILES string of the molecule is CCC(C)(C)C(=O)Nc1ccc(CNC2CC2)cc1. The molecule has 1 aromatic carbocycles. The van der Waals surface area contributed by atoms with Crippen LogP contribution in [0.1, 0.15) is 45.6 Å². The van der Waals surface area contributed by atoms with E-state index in [-0.39, 0.29) is 11.3 Å². The van der Waals surface area contributed by atoms with Crippen LogP contribution in [0.15, 0.2) is 24.3 Å². The number of nitrogens with one attached hydrogen (secondary N) is 2. The van der Waals surface area contributed by atoms with E-state index in [1.54, 1.807) is 0 Å². The zero-order valence-electron chi connectivity index (χ0n) is 12.1. The summed E-state index contributed by atoms with van der Waals surface area (Å²) in [5.74, 6) is 0.0823. The molecule has 104 valence electrons. The molecular formula is C16H24N2O. The Morgan fingerprint density at radius 1 is 1.26 bits per heavy atom. The van der Waals surface area contributed by atoms with E-state index in [2.05, 4.69) is 22.8 Å². The minimum absolute atomic E-state index is 0.0823. The molecule has 1 fully saturated rings. The molecule has 19 heavy (non-hydrogen) atoms. The molecule has 1 saturated carbocycles. The molecule has 0 radical (unpaired) electrons. The lowest BCUT2D eigenvalue weighted by Gasteiger charge is -2.21. The van der Waals surface area contributed by atoms with Crippen LogP contribution < -0.4 is 10.6 Å². The Morgan fingerprint density at radius 2 is 1.89 bits per heavy atom. The van der Waals surface area contributed by atoms with Crippen molar-refractivity contribution in [1.29, 1.82) is 0 Å². The van der Waals surface area contributed by atoms with E-state index in [9.17, 15) is 4.79 Å². The lowest BCUT2D eigenvalue weighted by atomic mass is 9.89. The summed E-state index contributed by atoms with van der Waals surface area (Å²) >= 11 is 0. The van der Waals surface area contributed by atoms with Gasteiger partial charge >= 0.3 is 0 Å². The Morgan fingerprint density at radius 3 is 2.42 bits per heavy atom. The van der Waals surface area contributed by atoms with Gasteiger partial charge in [0, 0.05) is 23.7 Å². The molecule has 2 N–H and O–H groups in total. The van der Waals surface area contributed by atoms with Gasteiger partial charge in [-0.1, -0.05) is 32.9 Å². The third-order valence-corrected chi connectivity index (χ3v) is 3.88. The summed E-state index contributed by atoms with van der Waals surface area (Å²) in [7, 11) is 0. The summed E-state index contributed by atoms with van der Waals surface area (Å²) in [5.41, 5.74) is 1.83. The first-order valence-corrected chi connectivity index (χ1v) is 7.15. The first kappa shape index (κ1) is 14.1. The van der Waals surface area contributed by atoms with E-state index >= 15 is 0 Å². The van der Waals surface area contributed by atoms with Gasteiger partial charge in [0.25, 0.3) is 0 Å². The van der Waals surface area contributed by atoms with Gasteiger partial charge in [-0.2, -0.15) is 0 Å². The fourth-order valence-corrected chi connectivity index (χ4v) is 1.72. The second-order valence-electron chi connectivity index (χ2n) is 6.04. The van der Waals surface area contributed by atoms with Crippen LogP contribution in [-0.2, 0) is 11.3 Å². The van der Waals surface area contributed by atoms with Crippen LogP contribution in [0, 0.1) is 5.41 Å². The van der Waals surface area contributed by atoms with Crippen molar-refractivity contribution in [3.8, 4) is 0 Å². The lowest BCUT2D eigenvalue weighted by molar-refractivity contribution is -0.124. The predicted molar refractivity (Wildman–Crippen MR) is 79.0 cm³/mol. The number of benzene rings is 1. The number of carbonyl (C=O) groups excluding carboxylic acids is 1. The van der Waals surface area contributed by atoms with E-state index in [0.717, 1.165) is 24.7 Å². The molecule has 1 aliphatic rings. The second-order valence-corrected chi connectivity index (χ2v) is 6.04. The highest BCUT2D eigenvalue weighted by Gasteiger charge is 2.25. The highest BCUT2D eigenvalue weighted by Crippen LogP contribution is 2.23. The fourth-order valence-electron chi connectivity index (χ4n) is 1.72. The van der Waals surface area contributed by atoms with Crippen molar-refractivity contribution in [2.75, 3.05) is 5.32 Å². The second kappa shape index (κ2) is 5.74. The van der Waals surface area contributed by atoms with Crippen molar-refractivity contribution in [2.24, 2.45) is 5.41 Å². The highest BCUT2D eigenvalue weighted by atomic mass is 16.2. The van der Waals surface area contributed by atoms with Crippen LogP contribution in [0.25, 0.3) is 0 Å². The van der Waals surface area contributed by atoms with E-state index < -0.39 is 0 Å². The maximum atomic E-state index is 12.0. The van der Waals surface area contributed by atoms with Crippen LogP contribution in [0.5, 0.6) is 0 Å². The Hall–Kier alpha value is -1.35. The molecule has 1 aromatic rings. The molecule has 3 heteroatoms. The van der Waals surface area contributed by atoms with Crippen LogP contribution in [0.4, 0.5) is 5.69 Å². The van der Waals surface area contributed by atoms with Gasteiger partial charge in [0.15, 0.2) is 0 Å². The lowest BCUT2D eigenvalue weighted by Crippen LogP contribution is -2.29. The van der Waals surface area contributed by atoms with Gasteiger partial charge in [-0.25, -0.2) is 0 Å². The average molecular weight is 260 g/mol. The van der Waals surface area contributed by atoms with Gasteiger partial charge in [-0.15, -0.1) is 0 Å². The highest BCUT2D eigenvalue weighted by molar-refractivity contribution is 5.94. The zero-order valence-corrected chi connectivity index (χ0v) is 12.1. The monoisotopic (exact) mass is 260 g/mol. The summed E-state index contributed by atoms with van der Waals surface area (Å²) in [4.78, 5) is 12.0. The summed E-state index contributed by atoms with van der Waals surface area (Å²) in [5, 5.41) is 6.46. The molecule has 0 atom stereocenters. The normalized spacial score (nSPS) is 15.3. The number of amides is 1. The summed E-state index contributed by atoms with van der Waals surface area (Å²) in [6.45, 7) is 6.89. The van der Waals surface area contributed by atoms with E-state index in [1.165, 1.54) is 18.4 Å². The van der Waals surface area contributed by atoms with E-state index in [1.807, 2.05) is 32.9 Å².